The number of hydrogen-bond donors (Lipinski definition) is 1. The van der Waals surface area contributed by atoms with Crippen LogP contribution in [0.15, 0.2) is 24.3 Å². The van der Waals surface area contributed by atoms with Crippen LogP contribution in [-0.4, -0.2) is 56.9 Å². The Labute approximate surface area is 139 Å². The summed E-state index contributed by atoms with van der Waals surface area (Å²) >= 11 is 0. The summed E-state index contributed by atoms with van der Waals surface area (Å²) in [6.45, 7) is 6.39. The molecule has 1 aliphatic rings. The fraction of sp³-hybridized carbons (Fsp3) is 0.588. The van der Waals surface area contributed by atoms with E-state index in [1.165, 1.54) is 11.1 Å². The van der Waals surface area contributed by atoms with Gasteiger partial charge in [0.1, 0.15) is 0 Å². The Bertz CT molecular complexity index is 612. The number of rotatable bonds is 6. The fourth-order valence-corrected chi connectivity index (χ4v) is 3.93. The van der Waals surface area contributed by atoms with Crippen molar-refractivity contribution >= 4 is 15.7 Å². The van der Waals surface area contributed by atoms with Crippen LogP contribution in [0.25, 0.3) is 0 Å². The van der Waals surface area contributed by atoms with Crippen LogP contribution < -0.4 is 5.32 Å². The number of carbonyl (C=O) groups is 1. The van der Waals surface area contributed by atoms with Gasteiger partial charge >= 0.3 is 0 Å². The predicted molar refractivity (Wildman–Crippen MR) is 92.2 cm³/mol. The number of nitrogens with one attached hydrogen (secondary N) is 1. The van der Waals surface area contributed by atoms with Gasteiger partial charge in [0.15, 0.2) is 9.84 Å². The molecular weight excluding hydrogens is 312 g/mol. The third kappa shape index (κ3) is 5.95. The molecule has 1 N–H and O–H groups in total. The van der Waals surface area contributed by atoms with E-state index in [4.69, 9.17) is 0 Å². The number of benzene rings is 1. The summed E-state index contributed by atoms with van der Waals surface area (Å²) in [5.74, 6) is 0.435. The maximum Gasteiger partial charge on any atom is 0.223 e. The van der Waals surface area contributed by atoms with E-state index >= 15 is 0 Å². The minimum Gasteiger partial charge on any atom is -0.355 e. The Morgan fingerprint density at radius 3 is 2.43 bits per heavy atom. The van der Waals surface area contributed by atoms with Gasteiger partial charge in [0.2, 0.25) is 5.91 Å². The molecule has 1 atom stereocenters. The van der Waals surface area contributed by atoms with E-state index < -0.39 is 9.84 Å². The quantitative estimate of drug-likeness (QED) is 0.841. The van der Waals surface area contributed by atoms with E-state index in [1.807, 2.05) is 13.8 Å². The standard InChI is InChI=1S/C17H26N2O3S/c1-14-3-5-16(6-4-14)13-15(2)17(20)18-7-8-19-9-11-23(21,22)12-10-19/h3-6,15H,7-13H2,1-2H3,(H,18,20)/t15-/m0/s1. The highest BCUT2D eigenvalue weighted by Gasteiger charge is 2.21. The average Bonchev–Trinajstić information content (AvgIpc) is 2.51. The normalized spacial score (nSPS) is 19.2. The van der Waals surface area contributed by atoms with Crippen molar-refractivity contribution in [2.45, 2.75) is 20.3 Å². The predicted octanol–water partition coefficient (Wildman–Crippen LogP) is 1.02. The van der Waals surface area contributed by atoms with Crippen molar-refractivity contribution < 1.29 is 13.2 Å². The van der Waals surface area contributed by atoms with Gasteiger partial charge in [0, 0.05) is 32.1 Å². The Morgan fingerprint density at radius 2 is 1.83 bits per heavy atom. The SMILES string of the molecule is Cc1ccc(C[C@H](C)C(=O)NCCN2CCS(=O)(=O)CC2)cc1. The van der Waals surface area contributed by atoms with Crippen LogP contribution in [0.5, 0.6) is 0 Å². The largest absolute Gasteiger partial charge is 0.355 e. The molecule has 6 heteroatoms. The fourth-order valence-electron chi connectivity index (χ4n) is 2.66. The Morgan fingerprint density at radius 1 is 1.22 bits per heavy atom. The zero-order valence-corrected chi connectivity index (χ0v) is 14.7. The first kappa shape index (κ1) is 17.9. The number of carbonyl (C=O) groups excluding carboxylic acids is 1. The van der Waals surface area contributed by atoms with Gasteiger partial charge in [-0.1, -0.05) is 36.8 Å². The highest BCUT2D eigenvalue weighted by atomic mass is 32.2. The second-order valence-electron chi connectivity index (χ2n) is 6.38. The molecule has 2 rings (SSSR count). The van der Waals surface area contributed by atoms with Crippen molar-refractivity contribution in [3.8, 4) is 0 Å². The first-order valence-corrected chi connectivity index (χ1v) is 9.94. The van der Waals surface area contributed by atoms with E-state index in [2.05, 4.69) is 34.5 Å². The third-order valence-corrected chi connectivity index (χ3v) is 5.88. The molecular formula is C17H26N2O3S. The number of amides is 1. The van der Waals surface area contributed by atoms with Crippen molar-refractivity contribution in [1.82, 2.24) is 10.2 Å². The summed E-state index contributed by atoms with van der Waals surface area (Å²) in [7, 11) is -2.84. The number of aryl methyl sites for hydroxylation is 1. The summed E-state index contributed by atoms with van der Waals surface area (Å²) in [4.78, 5) is 14.2. The molecule has 128 valence electrons. The molecule has 1 aliphatic heterocycles. The molecule has 1 saturated heterocycles. The van der Waals surface area contributed by atoms with Crippen LogP contribution in [0.1, 0.15) is 18.1 Å². The van der Waals surface area contributed by atoms with Crippen molar-refractivity contribution in [3.63, 3.8) is 0 Å². The number of nitrogens with zero attached hydrogens (tertiary/aromatic N) is 1. The molecule has 0 aromatic heterocycles. The van der Waals surface area contributed by atoms with Crippen LogP contribution in [-0.2, 0) is 21.1 Å². The molecule has 0 spiro atoms. The van der Waals surface area contributed by atoms with E-state index in [0.717, 1.165) is 6.42 Å². The van der Waals surface area contributed by atoms with Crippen LogP contribution in [0, 0.1) is 12.8 Å². The van der Waals surface area contributed by atoms with Gasteiger partial charge in [-0.3, -0.25) is 9.69 Å². The molecule has 0 radical (unpaired) electrons. The highest BCUT2D eigenvalue weighted by Crippen LogP contribution is 2.10. The Hall–Kier alpha value is -1.40. The number of hydrogen-bond acceptors (Lipinski definition) is 4. The smallest absolute Gasteiger partial charge is 0.223 e. The third-order valence-electron chi connectivity index (χ3n) is 4.27. The van der Waals surface area contributed by atoms with Crippen molar-refractivity contribution in [1.29, 1.82) is 0 Å². The molecule has 0 saturated carbocycles. The first-order valence-electron chi connectivity index (χ1n) is 8.12. The maximum atomic E-state index is 12.1. The first-order chi connectivity index (χ1) is 10.9. The topological polar surface area (TPSA) is 66.5 Å². The van der Waals surface area contributed by atoms with Gasteiger partial charge in [-0.15, -0.1) is 0 Å². The molecule has 0 bridgehead atoms. The summed E-state index contributed by atoms with van der Waals surface area (Å²) in [5, 5.41) is 2.95. The Kier molecular flexibility index (Phi) is 6.18. The average molecular weight is 338 g/mol. The molecule has 0 aliphatic carbocycles. The van der Waals surface area contributed by atoms with Gasteiger partial charge in [0.05, 0.1) is 11.5 Å². The lowest BCUT2D eigenvalue weighted by Crippen LogP contribution is -2.44. The summed E-state index contributed by atoms with van der Waals surface area (Å²) in [6.07, 6.45) is 0.730. The zero-order valence-electron chi connectivity index (χ0n) is 13.9. The highest BCUT2D eigenvalue weighted by molar-refractivity contribution is 7.91. The maximum absolute atomic E-state index is 12.1. The van der Waals surface area contributed by atoms with Gasteiger partial charge in [-0.25, -0.2) is 8.42 Å². The minimum absolute atomic E-state index is 0.0511. The molecule has 23 heavy (non-hydrogen) atoms. The minimum atomic E-state index is -2.84. The lowest BCUT2D eigenvalue weighted by Gasteiger charge is -2.26. The van der Waals surface area contributed by atoms with Gasteiger partial charge in [0.25, 0.3) is 0 Å². The van der Waals surface area contributed by atoms with Gasteiger partial charge in [-0.05, 0) is 18.9 Å². The molecule has 1 aromatic rings. The van der Waals surface area contributed by atoms with Crippen LogP contribution >= 0.6 is 0 Å². The molecule has 1 heterocycles. The second kappa shape index (κ2) is 7.93. The van der Waals surface area contributed by atoms with Crippen LogP contribution in [0.3, 0.4) is 0 Å². The van der Waals surface area contributed by atoms with Crippen molar-refractivity contribution in [3.05, 3.63) is 35.4 Å². The zero-order chi connectivity index (χ0) is 16.9. The van der Waals surface area contributed by atoms with E-state index in [1.54, 1.807) is 0 Å². The lowest BCUT2D eigenvalue weighted by atomic mass is 9.99. The van der Waals surface area contributed by atoms with Crippen molar-refractivity contribution in [2.24, 2.45) is 5.92 Å². The number of sulfone groups is 1. The van der Waals surface area contributed by atoms with Gasteiger partial charge in [-0.2, -0.15) is 0 Å². The van der Waals surface area contributed by atoms with Crippen LogP contribution in [0.4, 0.5) is 0 Å². The molecule has 1 aromatic carbocycles. The molecule has 0 unspecified atom stereocenters. The lowest BCUT2D eigenvalue weighted by molar-refractivity contribution is -0.124. The summed E-state index contributed by atoms with van der Waals surface area (Å²) in [5.41, 5.74) is 2.38. The molecule has 1 amide bonds. The monoisotopic (exact) mass is 338 g/mol. The van der Waals surface area contributed by atoms with Crippen LogP contribution in [0.2, 0.25) is 0 Å². The second-order valence-corrected chi connectivity index (χ2v) is 8.68. The molecule has 1 fully saturated rings. The summed E-state index contributed by atoms with van der Waals surface area (Å²) < 4.78 is 22.7. The van der Waals surface area contributed by atoms with Gasteiger partial charge < -0.3 is 5.32 Å². The van der Waals surface area contributed by atoms with E-state index in [0.29, 0.717) is 26.2 Å². The van der Waals surface area contributed by atoms with E-state index in [9.17, 15) is 13.2 Å². The Balaban J connectivity index is 1.69. The summed E-state index contributed by atoms with van der Waals surface area (Å²) in [6, 6.07) is 8.25. The molecule has 5 nitrogen and oxygen atoms in total. The van der Waals surface area contributed by atoms with Crippen molar-refractivity contribution in [2.75, 3.05) is 37.7 Å². The van der Waals surface area contributed by atoms with E-state index in [-0.39, 0.29) is 23.3 Å².